The standard InChI is InChI=1S/C18H24N4O2S/c1-18(2,3)12-4-5-13-11(8-12)9-14(25-13)17(24)20-16-6-7-22(21-16)10-15(19)23/h6-7,9,12H,4-5,8,10H2,1-3H3,(H2,19,23)(H,20,21,24)/t12-/m1/s1. The van der Waals surface area contributed by atoms with E-state index in [4.69, 9.17) is 5.73 Å². The third kappa shape index (κ3) is 4.10. The number of nitrogens with zero attached hydrogens (tertiary/aromatic N) is 2. The summed E-state index contributed by atoms with van der Waals surface area (Å²) in [4.78, 5) is 25.4. The maximum Gasteiger partial charge on any atom is 0.266 e. The van der Waals surface area contributed by atoms with Crippen LogP contribution in [0.15, 0.2) is 18.3 Å². The van der Waals surface area contributed by atoms with E-state index in [2.05, 4.69) is 31.2 Å². The number of hydrogen-bond acceptors (Lipinski definition) is 4. The van der Waals surface area contributed by atoms with Crippen LogP contribution < -0.4 is 11.1 Å². The molecule has 0 bridgehead atoms. The van der Waals surface area contributed by atoms with Crippen LogP contribution in [0.25, 0.3) is 0 Å². The Bertz CT molecular complexity index is 800. The second kappa shape index (κ2) is 6.63. The van der Waals surface area contributed by atoms with Crippen molar-refractivity contribution in [2.45, 2.75) is 46.6 Å². The molecule has 0 spiro atoms. The van der Waals surface area contributed by atoms with Gasteiger partial charge in [0.25, 0.3) is 5.91 Å². The summed E-state index contributed by atoms with van der Waals surface area (Å²) in [6, 6.07) is 3.68. The molecule has 2 aromatic rings. The fraction of sp³-hybridized carbons (Fsp3) is 0.500. The van der Waals surface area contributed by atoms with E-state index in [9.17, 15) is 9.59 Å². The van der Waals surface area contributed by atoms with Gasteiger partial charge in [0.2, 0.25) is 5.91 Å². The van der Waals surface area contributed by atoms with Crippen molar-refractivity contribution in [2.75, 3.05) is 5.32 Å². The minimum absolute atomic E-state index is 0.00262. The summed E-state index contributed by atoms with van der Waals surface area (Å²) in [5, 5.41) is 6.92. The smallest absolute Gasteiger partial charge is 0.266 e. The number of fused-ring (bicyclic) bond motifs is 1. The van der Waals surface area contributed by atoms with E-state index < -0.39 is 5.91 Å². The van der Waals surface area contributed by atoms with Crippen LogP contribution in [0.1, 0.15) is 47.3 Å². The molecule has 0 aromatic carbocycles. The molecule has 134 valence electrons. The quantitative estimate of drug-likeness (QED) is 0.878. The van der Waals surface area contributed by atoms with Crippen LogP contribution in [0.3, 0.4) is 0 Å². The fourth-order valence-corrected chi connectivity index (χ4v) is 4.33. The molecular formula is C18H24N4O2S. The van der Waals surface area contributed by atoms with E-state index >= 15 is 0 Å². The van der Waals surface area contributed by atoms with E-state index in [-0.39, 0.29) is 17.9 Å². The van der Waals surface area contributed by atoms with Gasteiger partial charge in [-0.2, -0.15) is 5.10 Å². The molecule has 1 aliphatic rings. The zero-order valence-electron chi connectivity index (χ0n) is 14.8. The average molecular weight is 360 g/mol. The molecule has 0 fully saturated rings. The van der Waals surface area contributed by atoms with Crippen LogP contribution in [-0.4, -0.2) is 21.6 Å². The third-order valence-corrected chi connectivity index (χ3v) is 5.97. The number of nitrogens with one attached hydrogen (secondary N) is 1. The number of carbonyl (C=O) groups is 2. The number of nitrogens with two attached hydrogens (primary N) is 1. The minimum Gasteiger partial charge on any atom is -0.368 e. The predicted molar refractivity (Wildman–Crippen MR) is 98.7 cm³/mol. The molecule has 25 heavy (non-hydrogen) atoms. The number of hydrogen-bond donors (Lipinski definition) is 2. The number of rotatable bonds is 4. The average Bonchev–Trinajstić information content (AvgIpc) is 3.11. The number of aryl methyl sites for hydroxylation is 1. The lowest BCUT2D eigenvalue weighted by atomic mass is 9.72. The molecule has 0 aliphatic heterocycles. The minimum atomic E-state index is -0.472. The van der Waals surface area contributed by atoms with E-state index in [1.807, 2.05) is 6.07 Å². The van der Waals surface area contributed by atoms with E-state index in [1.165, 1.54) is 21.5 Å². The largest absolute Gasteiger partial charge is 0.368 e. The first-order valence-corrected chi connectivity index (χ1v) is 9.28. The normalized spacial score (nSPS) is 17.2. The van der Waals surface area contributed by atoms with Crippen LogP contribution >= 0.6 is 11.3 Å². The summed E-state index contributed by atoms with van der Waals surface area (Å²) < 4.78 is 1.41. The van der Waals surface area contributed by atoms with Crippen molar-refractivity contribution in [1.29, 1.82) is 0 Å². The molecule has 0 saturated heterocycles. The zero-order chi connectivity index (χ0) is 18.2. The molecule has 0 radical (unpaired) electrons. The summed E-state index contributed by atoms with van der Waals surface area (Å²) in [5.74, 6) is 0.441. The van der Waals surface area contributed by atoms with Gasteiger partial charge in [-0.25, -0.2) is 0 Å². The number of amides is 2. The molecule has 3 N–H and O–H groups in total. The molecule has 3 rings (SSSR count). The van der Waals surface area contributed by atoms with Crippen molar-refractivity contribution >= 4 is 29.0 Å². The van der Waals surface area contributed by atoms with Crippen molar-refractivity contribution in [3.8, 4) is 0 Å². The van der Waals surface area contributed by atoms with Crippen LogP contribution in [0.5, 0.6) is 0 Å². The van der Waals surface area contributed by atoms with Gasteiger partial charge in [-0.15, -0.1) is 11.3 Å². The third-order valence-electron chi connectivity index (χ3n) is 4.73. The fourth-order valence-electron chi connectivity index (χ4n) is 3.23. The highest BCUT2D eigenvalue weighted by atomic mass is 32.1. The van der Waals surface area contributed by atoms with Crippen LogP contribution in [0.4, 0.5) is 5.82 Å². The van der Waals surface area contributed by atoms with Crippen LogP contribution in [-0.2, 0) is 24.2 Å². The van der Waals surface area contributed by atoms with Crippen molar-refractivity contribution in [3.05, 3.63) is 33.6 Å². The zero-order valence-corrected chi connectivity index (χ0v) is 15.7. The van der Waals surface area contributed by atoms with Gasteiger partial charge in [0.1, 0.15) is 6.54 Å². The molecule has 0 saturated carbocycles. The van der Waals surface area contributed by atoms with Gasteiger partial charge in [-0.3, -0.25) is 14.3 Å². The van der Waals surface area contributed by atoms with Crippen LogP contribution in [0, 0.1) is 11.3 Å². The number of aromatic nitrogens is 2. The molecule has 7 heteroatoms. The SMILES string of the molecule is CC(C)(C)[C@@H]1CCc2sc(C(=O)Nc3ccn(CC(N)=O)n3)cc2C1. The number of anilines is 1. The van der Waals surface area contributed by atoms with Crippen molar-refractivity contribution in [3.63, 3.8) is 0 Å². The highest BCUT2D eigenvalue weighted by molar-refractivity contribution is 7.14. The Balaban J connectivity index is 1.69. The lowest BCUT2D eigenvalue weighted by Gasteiger charge is -2.33. The Hall–Kier alpha value is -2.15. The lowest BCUT2D eigenvalue weighted by molar-refractivity contribution is -0.118. The number of thiophene rings is 1. The van der Waals surface area contributed by atoms with Crippen LogP contribution in [0.2, 0.25) is 0 Å². The maximum absolute atomic E-state index is 12.5. The second-order valence-corrected chi connectivity index (χ2v) is 8.82. The molecular weight excluding hydrogens is 336 g/mol. The Morgan fingerprint density at radius 2 is 2.20 bits per heavy atom. The monoisotopic (exact) mass is 360 g/mol. The predicted octanol–water partition coefficient (Wildman–Crippen LogP) is 2.83. The van der Waals surface area contributed by atoms with Gasteiger partial charge < -0.3 is 11.1 Å². The Kier molecular flexibility index (Phi) is 4.69. The van der Waals surface area contributed by atoms with Gasteiger partial charge >= 0.3 is 0 Å². The van der Waals surface area contributed by atoms with E-state index in [1.54, 1.807) is 23.6 Å². The van der Waals surface area contributed by atoms with Gasteiger partial charge in [-0.1, -0.05) is 20.8 Å². The summed E-state index contributed by atoms with van der Waals surface area (Å²) in [7, 11) is 0. The molecule has 1 atom stereocenters. The first-order chi connectivity index (χ1) is 11.7. The molecule has 0 unspecified atom stereocenters. The summed E-state index contributed by atoms with van der Waals surface area (Å²) in [6.07, 6.45) is 4.88. The molecule has 6 nitrogen and oxygen atoms in total. The lowest BCUT2D eigenvalue weighted by Crippen LogP contribution is -2.26. The summed E-state index contributed by atoms with van der Waals surface area (Å²) >= 11 is 1.57. The van der Waals surface area contributed by atoms with Gasteiger partial charge in [-0.05, 0) is 42.2 Å². The molecule has 1 aliphatic carbocycles. The highest BCUT2D eigenvalue weighted by Gasteiger charge is 2.30. The molecule has 2 aromatic heterocycles. The highest BCUT2D eigenvalue weighted by Crippen LogP contribution is 2.40. The van der Waals surface area contributed by atoms with E-state index in [0.717, 1.165) is 12.8 Å². The second-order valence-electron chi connectivity index (χ2n) is 7.68. The molecule has 2 amide bonds. The van der Waals surface area contributed by atoms with Crippen molar-refractivity contribution < 1.29 is 9.59 Å². The van der Waals surface area contributed by atoms with Crippen molar-refractivity contribution in [2.24, 2.45) is 17.1 Å². The maximum atomic E-state index is 12.5. The number of carbonyl (C=O) groups excluding carboxylic acids is 2. The Morgan fingerprint density at radius 3 is 2.88 bits per heavy atom. The van der Waals surface area contributed by atoms with Gasteiger partial charge in [0, 0.05) is 17.1 Å². The van der Waals surface area contributed by atoms with Crippen molar-refractivity contribution in [1.82, 2.24) is 9.78 Å². The first-order valence-electron chi connectivity index (χ1n) is 8.47. The van der Waals surface area contributed by atoms with Gasteiger partial charge in [0.15, 0.2) is 5.82 Å². The summed E-state index contributed by atoms with van der Waals surface area (Å²) in [6.45, 7) is 6.85. The Morgan fingerprint density at radius 1 is 1.44 bits per heavy atom. The number of primary amides is 1. The van der Waals surface area contributed by atoms with Gasteiger partial charge in [0.05, 0.1) is 4.88 Å². The topological polar surface area (TPSA) is 90.0 Å². The first kappa shape index (κ1) is 17.7. The summed E-state index contributed by atoms with van der Waals surface area (Å²) in [5.41, 5.74) is 6.73. The molecule has 2 heterocycles. The Labute approximate surface area is 151 Å². The van der Waals surface area contributed by atoms with E-state index in [0.29, 0.717) is 16.6 Å².